The Morgan fingerprint density at radius 2 is 1.89 bits per heavy atom. The van der Waals surface area contributed by atoms with Crippen LogP contribution in [0.2, 0.25) is 0 Å². The molecular formula is C24H32O4. The maximum absolute atomic E-state index is 12.6. The molecular weight excluding hydrogens is 352 g/mol. The lowest BCUT2D eigenvalue weighted by Gasteiger charge is -2.19. The number of fused-ring (bicyclic) bond motifs is 1. The van der Waals surface area contributed by atoms with Crippen molar-refractivity contribution in [3.8, 4) is 5.75 Å². The quantitative estimate of drug-likeness (QED) is 0.616. The smallest absolute Gasteiger partial charge is 0.276 e. The maximum Gasteiger partial charge on any atom is 0.276 e. The van der Waals surface area contributed by atoms with E-state index in [2.05, 4.69) is 0 Å². The van der Waals surface area contributed by atoms with E-state index in [4.69, 9.17) is 4.74 Å². The van der Waals surface area contributed by atoms with Crippen LogP contribution in [0.15, 0.2) is 53.1 Å². The molecule has 4 nitrogen and oxygen atoms in total. The van der Waals surface area contributed by atoms with Crippen molar-refractivity contribution in [1.82, 2.24) is 0 Å². The minimum absolute atomic E-state index is 0.123. The molecule has 0 amide bonds. The van der Waals surface area contributed by atoms with Crippen LogP contribution >= 0.6 is 0 Å². The van der Waals surface area contributed by atoms with Gasteiger partial charge in [-0.3, -0.25) is 4.79 Å². The Labute approximate surface area is 168 Å². The molecule has 0 spiro atoms. The summed E-state index contributed by atoms with van der Waals surface area (Å²) >= 11 is 0. The van der Waals surface area contributed by atoms with Gasteiger partial charge in [0.1, 0.15) is 5.75 Å². The molecule has 0 aliphatic carbocycles. The van der Waals surface area contributed by atoms with E-state index in [9.17, 15) is 15.0 Å². The Morgan fingerprint density at radius 3 is 2.54 bits per heavy atom. The zero-order valence-corrected chi connectivity index (χ0v) is 17.6. The van der Waals surface area contributed by atoms with Crippen LogP contribution in [0.3, 0.4) is 0 Å². The molecule has 0 radical (unpaired) electrons. The van der Waals surface area contributed by atoms with Gasteiger partial charge in [0.15, 0.2) is 0 Å². The van der Waals surface area contributed by atoms with Gasteiger partial charge < -0.3 is 14.9 Å². The number of rotatable bonds is 8. The van der Waals surface area contributed by atoms with Crippen molar-refractivity contribution in [2.45, 2.75) is 72.2 Å². The van der Waals surface area contributed by atoms with Crippen molar-refractivity contribution < 1.29 is 19.7 Å². The number of benzene rings is 1. The standard InChI is InChI=1S/C24H32O4/c1-16(2)12-13-20(25)18(4)9-6-8-17(3)14-15-24(27)23(26)22-19(5)10-7-11-21(22)28-24/h7,9-12,14,20,25,27H,6,8,13,15H2,1-5H3/b17-14+,18-9+/t20-,24-/m0/s1. The highest BCUT2D eigenvalue weighted by molar-refractivity contribution is 6.07. The highest BCUT2D eigenvalue weighted by Crippen LogP contribution is 2.37. The third-order valence-corrected chi connectivity index (χ3v) is 5.10. The second-order valence-corrected chi connectivity index (χ2v) is 7.94. The molecule has 0 fully saturated rings. The number of aliphatic hydroxyl groups is 2. The van der Waals surface area contributed by atoms with Gasteiger partial charge >= 0.3 is 0 Å². The fourth-order valence-corrected chi connectivity index (χ4v) is 3.19. The molecule has 4 heteroatoms. The second kappa shape index (κ2) is 9.35. The lowest BCUT2D eigenvalue weighted by molar-refractivity contribution is -0.0871. The van der Waals surface area contributed by atoms with Crippen LogP contribution in [0.5, 0.6) is 5.75 Å². The first-order valence-electron chi connectivity index (χ1n) is 9.83. The summed E-state index contributed by atoms with van der Waals surface area (Å²) < 4.78 is 5.57. The Morgan fingerprint density at radius 1 is 1.18 bits per heavy atom. The van der Waals surface area contributed by atoms with Crippen molar-refractivity contribution in [1.29, 1.82) is 0 Å². The van der Waals surface area contributed by atoms with E-state index in [0.717, 1.165) is 29.6 Å². The van der Waals surface area contributed by atoms with Crippen LogP contribution in [0, 0.1) is 6.92 Å². The minimum atomic E-state index is -1.82. The van der Waals surface area contributed by atoms with Crippen LogP contribution in [-0.4, -0.2) is 27.9 Å². The first kappa shape index (κ1) is 22.1. The van der Waals surface area contributed by atoms with Crippen molar-refractivity contribution >= 4 is 5.78 Å². The highest BCUT2D eigenvalue weighted by atomic mass is 16.6. The number of hydrogen-bond acceptors (Lipinski definition) is 4. The number of aliphatic hydroxyl groups excluding tert-OH is 1. The molecule has 0 saturated heterocycles. The lowest BCUT2D eigenvalue weighted by atomic mass is 9.98. The molecule has 0 bridgehead atoms. The topological polar surface area (TPSA) is 66.8 Å². The number of hydrogen-bond donors (Lipinski definition) is 2. The Balaban J connectivity index is 1.91. The Hall–Kier alpha value is -2.17. The first-order valence-corrected chi connectivity index (χ1v) is 9.83. The molecule has 0 saturated carbocycles. The average Bonchev–Trinajstić information content (AvgIpc) is 2.90. The number of carbonyl (C=O) groups is 1. The summed E-state index contributed by atoms with van der Waals surface area (Å²) in [5.74, 6) is -1.74. The van der Waals surface area contributed by atoms with E-state index in [-0.39, 0.29) is 12.2 Å². The van der Waals surface area contributed by atoms with Gasteiger partial charge in [-0.2, -0.15) is 0 Å². The molecule has 2 N–H and O–H groups in total. The highest BCUT2D eigenvalue weighted by Gasteiger charge is 2.46. The minimum Gasteiger partial charge on any atom is -0.453 e. The normalized spacial score (nSPS) is 20.6. The third-order valence-electron chi connectivity index (χ3n) is 5.10. The molecule has 1 aromatic rings. The summed E-state index contributed by atoms with van der Waals surface area (Å²) in [6.07, 6.45) is 7.84. The van der Waals surface area contributed by atoms with Crippen LogP contribution in [-0.2, 0) is 0 Å². The molecule has 1 heterocycles. The van der Waals surface area contributed by atoms with Crippen molar-refractivity contribution in [2.24, 2.45) is 0 Å². The summed E-state index contributed by atoms with van der Waals surface area (Å²) in [4.78, 5) is 12.6. The molecule has 1 aromatic carbocycles. The van der Waals surface area contributed by atoms with Crippen molar-refractivity contribution in [2.75, 3.05) is 0 Å². The molecule has 1 aliphatic heterocycles. The van der Waals surface area contributed by atoms with Crippen LogP contribution in [0.1, 0.15) is 69.3 Å². The summed E-state index contributed by atoms with van der Waals surface area (Å²) in [5, 5.41) is 20.8. The van der Waals surface area contributed by atoms with E-state index >= 15 is 0 Å². The van der Waals surface area contributed by atoms with Gasteiger partial charge in [0.25, 0.3) is 5.79 Å². The number of ketones is 1. The van der Waals surface area contributed by atoms with E-state index < -0.39 is 11.9 Å². The van der Waals surface area contributed by atoms with E-state index in [1.807, 2.05) is 65.0 Å². The number of allylic oxidation sites excluding steroid dienone is 3. The third kappa shape index (κ3) is 5.43. The van der Waals surface area contributed by atoms with Gasteiger partial charge in [-0.25, -0.2) is 0 Å². The van der Waals surface area contributed by atoms with Gasteiger partial charge in [-0.1, -0.05) is 41.5 Å². The molecule has 28 heavy (non-hydrogen) atoms. The summed E-state index contributed by atoms with van der Waals surface area (Å²) in [7, 11) is 0. The van der Waals surface area contributed by atoms with Gasteiger partial charge in [0.2, 0.25) is 5.78 Å². The maximum atomic E-state index is 12.6. The summed E-state index contributed by atoms with van der Waals surface area (Å²) in [5.41, 5.74) is 4.51. The fraction of sp³-hybridized carbons (Fsp3) is 0.458. The number of aryl methyl sites for hydroxylation is 1. The van der Waals surface area contributed by atoms with Gasteiger partial charge in [-0.15, -0.1) is 0 Å². The zero-order valence-electron chi connectivity index (χ0n) is 17.6. The molecule has 2 atom stereocenters. The van der Waals surface area contributed by atoms with Crippen LogP contribution < -0.4 is 4.74 Å². The molecule has 0 unspecified atom stereocenters. The Kier molecular flexibility index (Phi) is 7.39. The van der Waals surface area contributed by atoms with Gasteiger partial charge in [0, 0.05) is 6.42 Å². The predicted octanol–water partition coefficient (Wildman–Crippen LogP) is 5.04. The van der Waals surface area contributed by atoms with E-state index in [1.54, 1.807) is 6.07 Å². The van der Waals surface area contributed by atoms with Gasteiger partial charge in [-0.05, 0) is 71.1 Å². The van der Waals surface area contributed by atoms with Gasteiger partial charge in [0.05, 0.1) is 11.7 Å². The predicted molar refractivity (Wildman–Crippen MR) is 113 cm³/mol. The van der Waals surface area contributed by atoms with Crippen LogP contribution in [0.4, 0.5) is 0 Å². The number of ether oxygens (including phenoxy) is 1. The van der Waals surface area contributed by atoms with E-state index in [1.165, 1.54) is 5.57 Å². The fourth-order valence-electron chi connectivity index (χ4n) is 3.19. The molecule has 2 rings (SSSR count). The largest absolute Gasteiger partial charge is 0.453 e. The lowest BCUT2D eigenvalue weighted by Crippen LogP contribution is -2.39. The van der Waals surface area contributed by atoms with Crippen molar-refractivity contribution in [3.05, 3.63) is 64.3 Å². The molecule has 0 aromatic heterocycles. The zero-order chi connectivity index (χ0) is 20.9. The summed E-state index contributed by atoms with van der Waals surface area (Å²) in [6.45, 7) is 9.80. The first-order chi connectivity index (χ1) is 13.1. The monoisotopic (exact) mass is 384 g/mol. The summed E-state index contributed by atoms with van der Waals surface area (Å²) in [6, 6.07) is 5.37. The molecule has 152 valence electrons. The average molecular weight is 385 g/mol. The Bertz CT molecular complexity index is 812. The number of Topliss-reactive ketones (excluding diaryl/α,β-unsaturated/α-hetero) is 1. The number of carbonyl (C=O) groups excluding carboxylic acids is 1. The van der Waals surface area contributed by atoms with Crippen molar-refractivity contribution in [3.63, 3.8) is 0 Å². The van der Waals surface area contributed by atoms with Crippen LogP contribution in [0.25, 0.3) is 0 Å². The van der Waals surface area contributed by atoms with E-state index in [0.29, 0.717) is 17.7 Å². The SMILES string of the molecule is CC(C)=CC[C@H](O)/C(C)=C/CC/C(C)=C/C[C@]1(O)Oc2cccc(C)c2C1=O. The second-order valence-electron chi connectivity index (χ2n) is 7.94. The molecule has 1 aliphatic rings.